The summed E-state index contributed by atoms with van der Waals surface area (Å²) < 4.78 is 254. The molecule has 0 fully saturated rings. The summed E-state index contributed by atoms with van der Waals surface area (Å²) in [6.45, 7) is 0. The summed E-state index contributed by atoms with van der Waals surface area (Å²) in [5, 5.41) is -2.71. The Balaban J connectivity index is 1.41. The van der Waals surface area contributed by atoms with E-state index in [1.165, 1.54) is 12.1 Å². The number of aromatic nitrogens is 3. The minimum atomic E-state index is -0.966. The maximum atomic E-state index is 10.1. The van der Waals surface area contributed by atoms with Gasteiger partial charge in [-0.05, 0) is 77.7 Å². The fraction of sp³-hybridized carbons (Fsp3) is 0. The molecule has 0 aliphatic rings. The molecule has 3 heteroatoms. The zero-order chi connectivity index (χ0) is 57.8. The van der Waals surface area contributed by atoms with Crippen molar-refractivity contribution in [1.29, 1.82) is 0 Å². The van der Waals surface area contributed by atoms with Crippen molar-refractivity contribution in [3.63, 3.8) is 0 Å². The molecule has 0 N–H and O–H groups in total. The van der Waals surface area contributed by atoms with Crippen molar-refractivity contribution in [3.05, 3.63) is 187 Å². The Morgan fingerprint density at radius 2 is 0.627 bits per heavy atom. The van der Waals surface area contributed by atoms with Gasteiger partial charge in [0, 0.05) is 49.4 Å². The summed E-state index contributed by atoms with van der Waals surface area (Å²) in [5.41, 5.74) is -5.28. The van der Waals surface area contributed by atoms with Gasteiger partial charge in [-0.1, -0.05) is 121 Å². The van der Waals surface area contributed by atoms with Crippen LogP contribution in [0.3, 0.4) is 0 Å². The summed E-state index contributed by atoms with van der Waals surface area (Å²) in [5.74, 6) is 0. The standard InChI is InChI=1S/C48H31N3/c1-2-14-32(15-3-1)33-28-35(50-45-23-11-6-18-39(45)40-19-7-12-24-46(40)50)30-36(29-33)51-47-25-13-8-20-41(47)42-31-34(26-27-48(42)51)49-43-21-9-4-16-37(43)38-17-5-10-22-44(38)49/h1-31H/i1D,2D,3D,4D,5D,6D,7D,8D,9D,10D,11D,12D,13D,14D,15D,16D,17D,18D,19D,20D,21D,22D,23D,24D,25D,26D,27D,31D. The fourth-order valence-electron chi connectivity index (χ4n) is 6.59. The first kappa shape index (κ1) is 12.2. The van der Waals surface area contributed by atoms with Crippen LogP contribution in [0.4, 0.5) is 0 Å². The van der Waals surface area contributed by atoms with Crippen molar-refractivity contribution in [3.8, 4) is 28.2 Å². The number of nitrogens with zero attached hydrogens (tertiary/aromatic N) is 3. The summed E-state index contributed by atoms with van der Waals surface area (Å²) >= 11 is 0. The number of hydrogen-bond donors (Lipinski definition) is 0. The molecule has 0 radical (unpaired) electrons. The van der Waals surface area contributed by atoms with E-state index in [1.54, 1.807) is 0 Å². The monoisotopic (exact) mass is 677 g/mol. The first-order valence-electron chi connectivity index (χ1n) is 29.2. The molecule has 238 valence electrons. The topological polar surface area (TPSA) is 14.8 Å². The van der Waals surface area contributed by atoms with Gasteiger partial charge in [-0.15, -0.1) is 0 Å². The minimum absolute atomic E-state index is 0.314. The lowest BCUT2D eigenvalue weighted by Gasteiger charge is -2.16. The van der Waals surface area contributed by atoms with Crippen molar-refractivity contribution in [2.45, 2.75) is 0 Å². The number of para-hydroxylation sites is 5. The second-order valence-corrected chi connectivity index (χ2v) is 11.3. The molecule has 3 nitrogen and oxygen atoms in total. The molecule has 11 rings (SSSR count). The average molecular weight is 678 g/mol. The van der Waals surface area contributed by atoms with Gasteiger partial charge in [0.05, 0.1) is 71.5 Å². The van der Waals surface area contributed by atoms with Crippen LogP contribution in [0, 0.1) is 0 Å². The highest BCUT2D eigenvalue weighted by Gasteiger charge is 2.19. The van der Waals surface area contributed by atoms with Gasteiger partial charge in [0.15, 0.2) is 0 Å². The van der Waals surface area contributed by atoms with Crippen LogP contribution in [0.15, 0.2) is 187 Å². The maximum Gasteiger partial charge on any atom is 0.0652 e. The Morgan fingerprint density at radius 1 is 0.275 bits per heavy atom. The second kappa shape index (κ2) is 10.8. The Bertz CT molecular complexity index is 4580. The van der Waals surface area contributed by atoms with E-state index in [-0.39, 0.29) is 27.7 Å². The van der Waals surface area contributed by atoms with Crippen LogP contribution in [-0.2, 0) is 0 Å². The lowest BCUT2D eigenvalue weighted by Crippen LogP contribution is -2.00. The van der Waals surface area contributed by atoms with Crippen molar-refractivity contribution >= 4 is 65.4 Å². The van der Waals surface area contributed by atoms with Crippen molar-refractivity contribution < 1.29 is 38.4 Å². The van der Waals surface area contributed by atoms with E-state index in [4.69, 9.17) is 28.8 Å². The molecule has 0 aliphatic heterocycles. The smallest absolute Gasteiger partial charge is 0.0652 e. The predicted octanol–water partition coefficient (Wildman–Crippen LogP) is 12.6. The number of hydrogen-bond acceptors (Lipinski definition) is 0. The van der Waals surface area contributed by atoms with Gasteiger partial charge >= 0.3 is 0 Å². The van der Waals surface area contributed by atoms with Gasteiger partial charge in [-0.25, -0.2) is 0 Å². The zero-order valence-electron chi connectivity index (χ0n) is 53.6. The van der Waals surface area contributed by atoms with E-state index < -0.39 is 235 Å². The second-order valence-electron chi connectivity index (χ2n) is 11.3. The SMILES string of the molecule is [2H]c1c([2H])c([2H])c(-c2cc(-n3c4c([2H])c([2H])c([2H])c([2H])c4c4c([2H])c([2H])c([2H])c([2H])c43)cc(-n3c4c([2H])c([2H])c([2H])c([2H])c4c4c([2H])c(-n5c6c([2H])c([2H])c([2H])c([2H])c6c6c([2H])c([2H])c([2H])c([2H])c65)c([2H])c([2H])c43)c2)c([2H])c1[2H]. The molecule has 3 heterocycles. The highest BCUT2D eigenvalue weighted by Crippen LogP contribution is 2.39. The Kier molecular flexibility index (Phi) is 2.59. The van der Waals surface area contributed by atoms with Crippen LogP contribution >= 0.6 is 0 Å². The first-order valence-corrected chi connectivity index (χ1v) is 15.2. The lowest BCUT2D eigenvalue weighted by molar-refractivity contribution is 1.13. The third-order valence-corrected chi connectivity index (χ3v) is 8.64. The van der Waals surface area contributed by atoms with Crippen LogP contribution in [-0.4, -0.2) is 13.7 Å². The fourth-order valence-corrected chi connectivity index (χ4v) is 6.59. The molecular weight excluding hydrogens is 619 g/mol. The lowest BCUT2D eigenvalue weighted by atomic mass is 10.0. The molecule has 0 saturated carbocycles. The maximum absolute atomic E-state index is 10.1. The Labute approximate surface area is 333 Å². The molecule has 0 aliphatic carbocycles. The molecular formula is C48H31N3. The van der Waals surface area contributed by atoms with E-state index >= 15 is 0 Å². The molecule has 0 spiro atoms. The molecule has 8 aromatic carbocycles. The quantitative estimate of drug-likeness (QED) is 0.176. The zero-order valence-corrected chi connectivity index (χ0v) is 25.6. The highest BCUT2D eigenvalue weighted by atomic mass is 15.0. The van der Waals surface area contributed by atoms with E-state index in [2.05, 4.69) is 0 Å². The normalized spacial score (nSPS) is 19.6. The summed E-state index contributed by atoms with van der Waals surface area (Å²) in [7, 11) is 0. The molecule has 51 heavy (non-hydrogen) atoms. The largest absolute Gasteiger partial charge is 0.309 e. The molecule has 3 aromatic heterocycles. The summed E-state index contributed by atoms with van der Waals surface area (Å²) in [6, 6.07) is -19.3. The number of fused-ring (bicyclic) bond motifs is 9. The van der Waals surface area contributed by atoms with Gasteiger partial charge < -0.3 is 13.7 Å². The predicted molar refractivity (Wildman–Crippen MR) is 215 cm³/mol. The molecule has 0 saturated heterocycles. The van der Waals surface area contributed by atoms with Crippen LogP contribution in [0.5, 0.6) is 0 Å². The van der Waals surface area contributed by atoms with E-state index in [0.717, 1.165) is 19.8 Å². The Morgan fingerprint density at radius 3 is 1.08 bits per heavy atom. The van der Waals surface area contributed by atoms with Crippen LogP contribution in [0.25, 0.3) is 93.6 Å². The van der Waals surface area contributed by atoms with E-state index in [0.29, 0.717) is 0 Å². The average Bonchev–Trinajstić information content (AvgIpc) is 3.34. The third kappa shape index (κ3) is 4.12. The number of benzene rings is 8. The molecule has 0 amide bonds. The molecule has 0 bridgehead atoms. The summed E-state index contributed by atoms with van der Waals surface area (Å²) in [6.07, 6.45) is 0. The van der Waals surface area contributed by atoms with E-state index in [9.17, 15) is 9.60 Å². The van der Waals surface area contributed by atoms with Gasteiger partial charge in [0.1, 0.15) is 0 Å². The Hall–Kier alpha value is -6.84. The highest BCUT2D eigenvalue weighted by molar-refractivity contribution is 6.13. The van der Waals surface area contributed by atoms with E-state index in [1.807, 2.05) is 0 Å². The van der Waals surface area contributed by atoms with Gasteiger partial charge in [0.2, 0.25) is 0 Å². The van der Waals surface area contributed by atoms with Crippen molar-refractivity contribution in [1.82, 2.24) is 13.7 Å². The molecule has 0 unspecified atom stereocenters. The summed E-state index contributed by atoms with van der Waals surface area (Å²) in [4.78, 5) is 0. The van der Waals surface area contributed by atoms with Gasteiger partial charge in [-0.3, -0.25) is 0 Å². The number of rotatable bonds is 4. The minimum Gasteiger partial charge on any atom is -0.309 e. The molecule has 0 atom stereocenters. The molecule has 11 aromatic rings. The van der Waals surface area contributed by atoms with Gasteiger partial charge in [-0.2, -0.15) is 0 Å². The third-order valence-electron chi connectivity index (χ3n) is 8.64. The van der Waals surface area contributed by atoms with Crippen molar-refractivity contribution in [2.24, 2.45) is 0 Å². The van der Waals surface area contributed by atoms with Crippen LogP contribution in [0.2, 0.25) is 0 Å². The van der Waals surface area contributed by atoms with Crippen LogP contribution < -0.4 is 0 Å². The van der Waals surface area contributed by atoms with Gasteiger partial charge in [0.25, 0.3) is 0 Å². The first-order chi connectivity index (χ1) is 36.9. The van der Waals surface area contributed by atoms with Crippen molar-refractivity contribution in [2.75, 3.05) is 0 Å². The van der Waals surface area contributed by atoms with Crippen LogP contribution in [0.1, 0.15) is 38.4 Å².